The van der Waals surface area contributed by atoms with Gasteiger partial charge in [0.25, 0.3) is 0 Å². The Hall–Kier alpha value is -1.59. The van der Waals surface area contributed by atoms with Crippen LogP contribution in [0, 0.1) is 16.2 Å². The van der Waals surface area contributed by atoms with Crippen molar-refractivity contribution in [3.8, 4) is 0 Å². The molecule has 1 saturated heterocycles. The van der Waals surface area contributed by atoms with E-state index in [-0.39, 0.29) is 22.7 Å². The molecule has 1 saturated carbocycles. The summed E-state index contributed by atoms with van der Waals surface area (Å²) in [4.78, 5) is 39.8. The number of carbonyl (C=O) groups is 3. The molecule has 3 amide bonds. The number of nitrogens with zero attached hydrogens (tertiary/aromatic N) is 1. The summed E-state index contributed by atoms with van der Waals surface area (Å²) < 4.78 is 0. The Morgan fingerprint density at radius 1 is 1.04 bits per heavy atom. The molecule has 0 spiro atoms. The van der Waals surface area contributed by atoms with Gasteiger partial charge in [-0.15, -0.1) is 0 Å². The second kappa shape index (κ2) is 5.96. The van der Waals surface area contributed by atoms with E-state index in [1.807, 2.05) is 20.8 Å². The SMILES string of the molecule is CN1C(=O)C2(C)CC(C)(C(=O)Nc3cccc(Cl)c3Cl)CC(C)(C2)C1=O. The second-order valence-corrected chi connectivity index (χ2v) is 9.22. The topological polar surface area (TPSA) is 66.5 Å². The van der Waals surface area contributed by atoms with Crippen molar-refractivity contribution in [1.29, 1.82) is 0 Å². The van der Waals surface area contributed by atoms with E-state index < -0.39 is 16.2 Å². The summed E-state index contributed by atoms with van der Waals surface area (Å²) in [6.45, 7) is 5.49. The second-order valence-electron chi connectivity index (χ2n) is 8.44. The van der Waals surface area contributed by atoms with Crippen molar-refractivity contribution in [3.63, 3.8) is 0 Å². The van der Waals surface area contributed by atoms with Crippen LogP contribution in [0.3, 0.4) is 0 Å². The van der Waals surface area contributed by atoms with Gasteiger partial charge in [0, 0.05) is 23.3 Å². The van der Waals surface area contributed by atoms with Crippen LogP contribution in [0.15, 0.2) is 18.2 Å². The smallest absolute Gasteiger partial charge is 0.234 e. The number of halogens is 2. The minimum absolute atomic E-state index is 0.223. The fraction of sp³-hybridized carbons (Fsp3) is 0.526. The van der Waals surface area contributed by atoms with Gasteiger partial charge in [-0.25, -0.2) is 0 Å². The normalized spacial score (nSPS) is 34.0. The quantitative estimate of drug-likeness (QED) is 0.763. The first-order valence-corrected chi connectivity index (χ1v) is 9.26. The number of imide groups is 1. The third-order valence-corrected chi connectivity index (χ3v) is 6.55. The molecular formula is C19H22Cl2N2O3. The number of anilines is 1. The summed E-state index contributed by atoms with van der Waals surface area (Å²) in [5.41, 5.74) is -1.95. The van der Waals surface area contributed by atoms with Gasteiger partial charge in [0.1, 0.15) is 0 Å². The van der Waals surface area contributed by atoms with Crippen LogP contribution < -0.4 is 5.32 Å². The highest BCUT2D eigenvalue weighted by atomic mass is 35.5. The van der Waals surface area contributed by atoms with Gasteiger partial charge in [0.15, 0.2) is 0 Å². The Morgan fingerprint density at radius 3 is 2.12 bits per heavy atom. The summed E-state index contributed by atoms with van der Waals surface area (Å²) in [6.07, 6.45) is 1.20. The third-order valence-electron chi connectivity index (χ3n) is 5.73. The van der Waals surface area contributed by atoms with Crippen molar-refractivity contribution in [2.75, 3.05) is 12.4 Å². The molecule has 5 nitrogen and oxygen atoms in total. The highest BCUT2D eigenvalue weighted by molar-refractivity contribution is 6.44. The van der Waals surface area contributed by atoms with Gasteiger partial charge in [0.2, 0.25) is 17.7 Å². The summed E-state index contributed by atoms with van der Waals surface area (Å²) in [5, 5.41) is 3.45. The first-order chi connectivity index (χ1) is 11.9. The van der Waals surface area contributed by atoms with Crippen LogP contribution in [0.25, 0.3) is 0 Å². The van der Waals surface area contributed by atoms with E-state index in [9.17, 15) is 14.4 Å². The minimum atomic E-state index is -0.875. The lowest BCUT2D eigenvalue weighted by Gasteiger charge is -2.55. The van der Waals surface area contributed by atoms with Crippen molar-refractivity contribution in [1.82, 2.24) is 4.90 Å². The zero-order valence-corrected chi connectivity index (χ0v) is 16.8. The number of rotatable bonds is 2. The highest BCUT2D eigenvalue weighted by Gasteiger charge is 2.62. The standard InChI is InChI=1S/C19H22Cl2N2O3/c1-17(14(24)22-12-7-5-6-11(20)13(12)21)8-18(2)10-19(3,9-17)16(26)23(4)15(18)25/h5-7H,8-10H2,1-4H3,(H,22,24). The maximum absolute atomic E-state index is 13.1. The van der Waals surface area contributed by atoms with Crippen LogP contribution in [-0.2, 0) is 14.4 Å². The first kappa shape index (κ1) is 19.2. The van der Waals surface area contributed by atoms with E-state index >= 15 is 0 Å². The molecule has 2 fully saturated rings. The molecule has 1 N–H and O–H groups in total. The number of hydrogen-bond donors (Lipinski definition) is 1. The summed E-state index contributed by atoms with van der Waals surface area (Å²) in [7, 11) is 1.52. The number of piperidine rings is 1. The van der Waals surface area contributed by atoms with Crippen LogP contribution in [0.2, 0.25) is 10.0 Å². The molecular weight excluding hydrogens is 375 g/mol. The van der Waals surface area contributed by atoms with Crippen molar-refractivity contribution >= 4 is 46.6 Å². The van der Waals surface area contributed by atoms with Crippen molar-refractivity contribution < 1.29 is 14.4 Å². The molecule has 1 aromatic rings. The number of amides is 3. The fourth-order valence-electron chi connectivity index (χ4n) is 5.01. The minimum Gasteiger partial charge on any atom is -0.324 e. The molecule has 7 heteroatoms. The lowest BCUT2D eigenvalue weighted by Crippen LogP contribution is -2.63. The fourth-order valence-corrected chi connectivity index (χ4v) is 5.36. The number of benzene rings is 1. The molecule has 0 radical (unpaired) electrons. The van der Waals surface area contributed by atoms with Crippen molar-refractivity contribution in [2.24, 2.45) is 16.2 Å². The van der Waals surface area contributed by atoms with E-state index in [1.54, 1.807) is 18.2 Å². The Morgan fingerprint density at radius 2 is 1.58 bits per heavy atom. The van der Waals surface area contributed by atoms with Crippen LogP contribution in [0.1, 0.15) is 40.0 Å². The summed E-state index contributed by atoms with van der Waals surface area (Å²) in [6, 6.07) is 5.01. The Kier molecular flexibility index (Phi) is 4.40. The molecule has 1 heterocycles. The summed E-state index contributed by atoms with van der Waals surface area (Å²) >= 11 is 12.2. The van der Waals surface area contributed by atoms with E-state index in [2.05, 4.69) is 5.32 Å². The van der Waals surface area contributed by atoms with Crippen molar-refractivity contribution in [2.45, 2.75) is 40.0 Å². The predicted octanol–water partition coefficient (Wildman–Crippen LogP) is 4.13. The average molecular weight is 397 g/mol. The third kappa shape index (κ3) is 2.81. The van der Waals surface area contributed by atoms with Gasteiger partial charge in [0.05, 0.1) is 15.7 Å². The summed E-state index contributed by atoms with van der Waals surface area (Å²) in [5.74, 6) is -0.706. The molecule has 2 bridgehead atoms. The number of carbonyl (C=O) groups excluding carboxylic acids is 3. The maximum Gasteiger partial charge on any atom is 0.234 e. The molecule has 1 aliphatic carbocycles. The molecule has 140 valence electrons. The van der Waals surface area contributed by atoms with Crippen LogP contribution in [0.5, 0.6) is 0 Å². The molecule has 26 heavy (non-hydrogen) atoms. The molecule has 2 atom stereocenters. The Labute approximate surface area is 163 Å². The molecule has 3 rings (SSSR count). The maximum atomic E-state index is 13.1. The van der Waals surface area contributed by atoms with Gasteiger partial charge in [-0.05, 0) is 31.4 Å². The van der Waals surface area contributed by atoms with E-state index in [4.69, 9.17) is 23.2 Å². The number of hydrogen-bond acceptors (Lipinski definition) is 3. The number of fused-ring (bicyclic) bond motifs is 2. The van der Waals surface area contributed by atoms with Gasteiger partial charge < -0.3 is 5.32 Å². The van der Waals surface area contributed by atoms with Gasteiger partial charge in [-0.1, -0.05) is 50.0 Å². The molecule has 2 aliphatic rings. The first-order valence-electron chi connectivity index (χ1n) is 8.50. The largest absolute Gasteiger partial charge is 0.324 e. The average Bonchev–Trinajstić information content (AvgIpc) is 2.54. The van der Waals surface area contributed by atoms with E-state index in [1.165, 1.54) is 11.9 Å². The lowest BCUT2D eigenvalue weighted by molar-refractivity contribution is -0.177. The van der Waals surface area contributed by atoms with E-state index in [0.717, 1.165) is 0 Å². The van der Waals surface area contributed by atoms with E-state index in [0.29, 0.717) is 30.0 Å². The number of likely N-dealkylation sites (tertiary alicyclic amines) is 1. The van der Waals surface area contributed by atoms with Crippen LogP contribution in [0.4, 0.5) is 5.69 Å². The molecule has 1 aromatic carbocycles. The van der Waals surface area contributed by atoms with Crippen molar-refractivity contribution in [3.05, 3.63) is 28.2 Å². The van der Waals surface area contributed by atoms with Gasteiger partial charge in [-0.3, -0.25) is 19.3 Å². The zero-order valence-electron chi connectivity index (χ0n) is 15.3. The number of nitrogens with one attached hydrogen (secondary N) is 1. The van der Waals surface area contributed by atoms with Gasteiger partial charge in [-0.2, -0.15) is 0 Å². The zero-order chi connectivity index (χ0) is 19.5. The van der Waals surface area contributed by atoms with Gasteiger partial charge >= 0.3 is 0 Å². The predicted molar refractivity (Wildman–Crippen MR) is 101 cm³/mol. The van der Waals surface area contributed by atoms with Crippen LogP contribution in [-0.4, -0.2) is 29.7 Å². The Balaban J connectivity index is 1.95. The molecule has 0 aromatic heterocycles. The van der Waals surface area contributed by atoms with Crippen LogP contribution >= 0.6 is 23.2 Å². The highest BCUT2D eigenvalue weighted by Crippen LogP contribution is 2.58. The monoisotopic (exact) mass is 396 g/mol. The molecule has 2 unspecified atom stereocenters. The molecule has 1 aliphatic heterocycles. The Bertz CT molecular complexity index is 795. The lowest BCUT2D eigenvalue weighted by atomic mass is 9.51.